The van der Waals surface area contributed by atoms with Crippen LogP contribution >= 0.6 is 0 Å². The van der Waals surface area contributed by atoms with Gasteiger partial charge in [-0.2, -0.15) is 0 Å². The maximum Gasteiger partial charge on any atom is 0.245 e. The molecule has 0 spiro atoms. The largest absolute Gasteiger partial charge is 0.494 e. The molecule has 0 fully saturated rings. The smallest absolute Gasteiger partial charge is 0.245 e. The number of methoxy groups -OCH3 is 1. The molecule has 6 heteroatoms. The Hall–Kier alpha value is -2.89. The molecule has 2 aromatic carbocycles. The van der Waals surface area contributed by atoms with Crippen molar-refractivity contribution in [1.29, 1.82) is 0 Å². The SMILES string of the molecule is COc1ccc(CN(C)C(=O)[C@@H](NC(=O)Cc2ccccc2)C(C)C)cc1F. The third kappa shape index (κ3) is 5.81. The molecule has 0 saturated heterocycles. The van der Waals surface area contributed by atoms with Gasteiger partial charge in [0.2, 0.25) is 11.8 Å². The van der Waals surface area contributed by atoms with Crippen LogP contribution < -0.4 is 10.1 Å². The van der Waals surface area contributed by atoms with E-state index in [4.69, 9.17) is 4.74 Å². The van der Waals surface area contributed by atoms with E-state index in [2.05, 4.69) is 5.32 Å². The molecule has 2 rings (SSSR count). The summed E-state index contributed by atoms with van der Waals surface area (Å²) in [6.45, 7) is 4.00. The molecule has 0 saturated carbocycles. The fourth-order valence-electron chi connectivity index (χ4n) is 2.92. The zero-order chi connectivity index (χ0) is 20.7. The molecule has 0 unspecified atom stereocenters. The summed E-state index contributed by atoms with van der Waals surface area (Å²) in [5.41, 5.74) is 1.53. The second kappa shape index (κ2) is 9.88. The van der Waals surface area contributed by atoms with Crippen molar-refractivity contribution in [3.05, 3.63) is 65.5 Å². The predicted molar refractivity (Wildman–Crippen MR) is 106 cm³/mol. The van der Waals surface area contributed by atoms with Crippen molar-refractivity contribution >= 4 is 11.8 Å². The van der Waals surface area contributed by atoms with E-state index in [0.717, 1.165) is 5.56 Å². The number of likely N-dealkylation sites (N-methyl/N-ethyl adjacent to an activating group) is 1. The van der Waals surface area contributed by atoms with Crippen LogP contribution in [0.1, 0.15) is 25.0 Å². The fourth-order valence-corrected chi connectivity index (χ4v) is 2.92. The number of ether oxygens (including phenoxy) is 1. The minimum absolute atomic E-state index is 0.0812. The lowest BCUT2D eigenvalue weighted by atomic mass is 10.0. The number of nitrogens with one attached hydrogen (secondary N) is 1. The first-order chi connectivity index (χ1) is 13.3. The van der Waals surface area contributed by atoms with E-state index in [-0.39, 0.29) is 36.4 Å². The maximum absolute atomic E-state index is 13.9. The van der Waals surface area contributed by atoms with Crippen LogP contribution in [0.15, 0.2) is 48.5 Å². The van der Waals surface area contributed by atoms with E-state index in [9.17, 15) is 14.0 Å². The molecule has 5 nitrogen and oxygen atoms in total. The average Bonchev–Trinajstić information content (AvgIpc) is 2.66. The van der Waals surface area contributed by atoms with Gasteiger partial charge in [-0.3, -0.25) is 9.59 Å². The second-order valence-corrected chi connectivity index (χ2v) is 7.11. The Morgan fingerprint density at radius 3 is 2.36 bits per heavy atom. The summed E-state index contributed by atoms with van der Waals surface area (Å²) >= 11 is 0. The van der Waals surface area contributed by atoms with Crippen LogP contribution in [-0.4, -0.2) is 36.9 Å². The van der Waals surface area contributed by atoms with Gasteiger partial charge in [-0.15, -0.1) is 0 Å². The Morgan fingerprint density at radius 2 is 1.79 bits per heavy atom. The van der Waals surface area contributed by atoms with Crippen LogP contribution in [-0.2, 0) is 22.6 Å². The highest BCUT2D eigenvalue weighted by Crippen LogP contribution is 2.19. The minimum atomic E-state index is -0.649. The highest BCUT2D eigenvalue weighted by Gasteiger charge is 2.27. The van der Waals surface area contributed by atoms with Gasteiger partial charge in [0.25, 0.3) is 0 Å². The summed E-state index contributed by atoms with van der Waals surface area (Å²) < 4.78 is 18.8. The summed E-state index contributed by atoms with van der Waals surface area (Å²) in [5, 5.41) is 2.84. The zero-order valence-electron chi connectivity index (χ0n) is 16.7. The number of amides is 2. The Morgan fingerprint density at radius 1 is 1.11 bits per heavy atom. The Balaban J connectivity index is 2.02. The van der Waals surface area contributed by atoms with Gasteiger partial charge in [-0.1, -0.05) is 50.2 Å². The van der Waals surface area contributed by atoms with E-state index in [1.165, 1.54) is 24.1 Å². The molecule has 2 amide bonds. The molecule has 0 aliphatic rings. The average molecular weight is 386 g/mol. The first-order valence-corrected chi connectivity index (χ1v) is 9.22. The molecular weight excluding hydrogens is 359 g/mol. The molecule has 0 heterocycles. The lowest BCUT2D eigenvalue weighted by molar-refractivity contribution is -0.136. The lowest BCUT2D eigenvalue weighted by Gasteiger charge is -2.27. The maximum atomic E-state index is 13.9. The minimum Gasteiger partial charge on any atom is -0.494 e. The fraction of sp³-hybridized carbons (Fsp3) is 0.364. The van der Waals surface area contributed by atoms with Gasteiger partial charge in [0.05, 0.1) is 13.5 Å². The van der Waals surface area contributed by atoms with E-state index >= 15 is 0 Å². The molecule has 0 aliphatic carbocycles. The van der Waals surface area contributed by atoms with Crippen LogP contribution in [0.5, 0.6) is 5.75 Å². The van der Waals surface area contributed by atoms with Crippen LogP contribution in [0.2, 0.25) is 0 Å². The van der Waals surface area contributed by atoms with Gasteiger partial charge >= 0.3 is 0 Å². The van der Waals surface area contributed by atoms with Gasteiger partial charge in [-0.25, -0.2) is 4.39 Å². The van der Waals surface area contributed by atoms with Crippen LogP contribution in [0.4, 0.5) is 4.39 Å². The van der Waals surface area contributed by atoms with Crippen molar-refractivity contribution in [1.82, 2.24) is 10.2 Å². The molecular formula is C22H27FN2O3. The summed E-state index contributed by atoms with van der Waals surface area (Å²) in [6, 6.07) is 13.3. The van der Waals surface area contributed by atoms with Crippen molar-refractivity contribution in [2.45, 2.75) is 32.9 Å². The number of hydrogen-bond donors (Lipinski definition) is 1. The summed E-state index contributed by atoms with van der Waals surface area (Å²) in [6.07, 6.45) is 0.213. The summed E-state index contributed by atoms with van der Waals surface area (Å²) in [4.78, 5) is 26.8. The van der Waals surface area contributed by atoms with Crippen molar-refractivity contribution in [2.24, 2.45) is 5.92 Å². The van der Waals surface area contributed by atoms with Crippen LogP contribution in [0.3, 0.4) is 0 Å². The number of benzene rings is 2. The molecule has 1 N–H and O–H groups in total. The molecule has 1 atom stereocenters. The number of carbonyl (C=O) groups excluding carboxylic acids is 2. The molecule has 0 bridgehead atoms. The Kier molecular flexibility index (Phi) is 7.55. The monoisotopic (exact) mass is 386 g/mol. The van der Waals surface area contributed by atoms with E-state index in [1.54, 1.807) is 13.1 Å². The van der Waals surface area contributed by atoms with Crippen LogP contribution in [0.25, 0.3) is 0 Å². The summed E-state index contributed by atoms with van der Waals surface area (Å²) in [7, 11) is 3.04. The number of carbonyl (C=O) groups is 2. The zero-order valence-corrected chi connectivity index (χ0v) is 16.7. The van der Waals surface area contributed by atoms with Crippen molar-refractivity contribution in [3.8, 4) is 5.75 Å². The Bertz CT molecular complexity index is 809. The Labute approximate surface area is 165 Å². The quantitative estimate of drug-likeness (QED) is 0.758. The van der Waals surface area contributed by atoms with Crippen LogP contribution in [0, 0.1) is 11.7 Å². The third-order valence-corrected chi connectivity index (χ3v) is 4.47. The van der Waals surface area contributed by atoms with Gasteiger partial charge in [0.1, 0.15) is 6.04 Å². The second-order valence-electron chi connectivity index (χ2n) is 7.11. The number of hydrogen-bond acceptors (Lipinski definition) is 3. The molecule has 0 radical (unpaired) electrons. The number of rotatable bonds is 8. The first-order valence-electron chi connectivity index (χ1n) is 9.22. The first kappa shape index (κ1) is 21.4. The molecule has 2 aromatic rings. The van der Waals surface area contributed by atoms with Crippen molar-refractivity contribution in [2.75, 3.05) is 14.2 Å². The number of halogens is 1. The lowest BCUT2D eigenvalue weighted by Crippen LogP contribution is -2.50. The predicted octanol–water partition coefficient (Wildman–Crippen LogP) is 3.18. The van der Waals surface area contributed by atoms with Gasteiger partial charge in [-0.05, 0) is 29.2 Å². The van der Waals surface area contributed by atoms with Crippen molar-refractivity contribution < 1.29 is 18.7 Å². The summed E-state index contributed by atoms with van der Waals surface area (Å²) in [5.74, 6) is -0.819. The van der Waals surface area contributed by atoms with E-state index in [1.807, 2.05) is 44.2 Å². The number of nitrogens with zero attached hydrogens (tertiary/aromatic N) is 1. The van der Waals surface area contributed by atoms with Gasteiger partial charge in [0, 0.05) is 13.6 Å². The normalized spacial score (nSPS) is 11.8. The standard InChI is InChI=1S/C22H27FN2O3/c1-15(2)21(24-20(26)13-16-8-6-5-7-9-16)22(27)25(3)14-17-10-11-19(28-4)18(23)12-17/h5-12,15,21H,13-14H2,1-4H3,(H,24,26)/t21-/m0/s1. The molecule has 0 aliphatic heterocycles. The molecule has 0 aromatic heterocycles. The topological polar surface area (TPSA) is 58.6 Å². The van der Waals surface area contributed by atoms with E-state index < -0.39 is 11.9 Å². The van der Waals surface area contributed by atoms with Gasteiger partial charge in [0.15, 0.2) is 11.6 Å². The third-order valence-electron chi connectivity index (χ3n) is 4.47. The van der Waals surface area contributed by atoms with E-state index in [0.29, 0.717) is 5.56 Å². The molecule has 150 valence electrons. The molecule has 28 heavy (non-hydrogen) atoms. The van der Waals surface area contributed by atoms with Gasteiger partial charge < -0.3 is 15.0 Å². The highest BCUT2D eigenvalue weighted by atomic mass is 19.1. The highest BCUT2D eigenvalue weighted by molar-refractivity contribution is 5.88. The van der Waals surface area contributed by atoms with Crippen molar-refractivity contribution in [3.63, 3.8) is 0 Å².